The second-order valence-corrected chi connectivity index (χ2v) is 7.85. The second kappa shape index (κ2) is 10.4. The molecular weight excluding hydrogens is 318 g/mol. The van der Waals surface area contributed by atoms with E-state index in [0.29, 0.717) is 0 Å². The first kappa shape index (κ1) is 20.5. The monoisotopic (exact) mass is 355 g/mol. The fraction of sp³-hybridized carbons (Fsp3) is 0.609. The predicted molar refractivity (Wildman–Crippen MR) is 114 cm³/mol. The van der Waals surface area contributed by atoms with Crippen LogP contribution in [0, 0.1) is 5.92 Å². The number of anilines is 1. The molecule has 2 aromatic rings. The molecule has 144 valence electrons. The van der Waals surface area contributed by atoms with Crippen molar-refractivity contribution in [3.63, 3.8) is 0 Å². The molecule has 3 rings (SSSR count). The summed E-state index contributed by atoms with van der Waals surface area (Å²) in [5, 5.41) is 4.24. The molecule has 3 nitrogen and oxygen atoms in total. The van der Waals surface area contributed by atoms with Crippen LogP contribution < -0.4 is 4.90 Å². The van der Waals surface area contributed by atoms with Crippen LogP contribution >= 0.6 is 0 Å². The van der Waals surface area contributed by atoms with Gasteiger partial charge in [0.05, 0.1) is 6.20 Å². The number of unbranched alkanes of at least 4 members (excludes halogenated alkanes) is 5. The SMILES string of the molecule is CC1Cc2cc(-c3cnn(C)c3)ccc2N(C)C1.CCCCCCCC. The van der Waals surface area contributed by atoms with Crippen molar-refractivity contribution < 1.29 is 0 Å². The maximum atomic E-state index is 4.24. The van der Waals surface area contributed by atoms with Crippen LogP contribution in [0.4, 0.5) is 5.69 Å². The number of hydrogen-bond acceptors (Lipinski definition) is 2. The van der Waals surface area contributed by atoms with Gasteiger partial charge in [0, 0.05) is 38.1 Å². The fourth-order valence-corrected chi connectivity index (χ4v) is 3.73. The average molecular weight is 356 g/mol. The van der Waals surface area contributed by atoms with Crippen LogP contribution in [0.25, 0.3) is 11.1 Å². The molecule has 0 aliphatic carbocycles. The van der Waals surface area contributed by atoms with E-state index in [-0.39, 0.29) is 0 Å². The van der Waals surface area contributed by atoms with E-state index in [9.17, 15) is 0 Å². The molecule has 0 radical (unpaired) electrons. The molecule has 1 aromatic carbocycles. The highest BCUT2D eigenvalue weighted by Gasteiger charge is 2.19. The molecule has 1 aliphatic heterocycles. The first-order valence-electron chi connectivity index (χ1n) is 10.4. The zero-order chi connectivity index (χ0) is 18.9. The molecule has 0 amide bonds. The summed E-state index contributed by atoms with van der Waals surface area (Å²) in [5.41, 5.74) is 5.30. The first-order valence-corrected chi connectivity index (χ1v) is 10.4. The largest absolute Gasteiger partial charge is 0.374 e. The van der Waals surface area contributed by atoms with Crippen molar-refractivity contribution in [3.8, 4) is 11.1 Å². The van der Waals surface area contributed by atoms with Crippen LogP contribution in [0.2, 0.25) is 0 Å². The lowest BCUT2D eigenvalue weighted by atomic mass is 9.92. The Hall–Kier alpha value is -1.77. The van der Waals surface area contributed by atoms with Crippen LogP contribution in [0.1, 0.15) is 64.9 Å². The lowest BCUT2D eigenvalue weighted by molar-refractivity contribution is 0.552. The van der Waals surface area contributed by atoms with E-state index in [1.807, 2.05) is 17.9 Å². The van der Waals surface area contributed by atoms with Gasteiger partial charge in [-0.2, -0.15) is 5.10 Å². The summed E-state index contributed by atoms with van der Waals surface area (Å²) in [6.07, 6.45) is 13.7. The highest BCUT2D eigenvalue weighted by molar-refractivity contribution is 5.68. The van der Waals surface area contributed by atoms with Gasteiger partial charge in [-0.15, -0.1) is 0 Å². The highest BCUT2D eigenvalue weighted by Crippen LogP contribution is 2.32. The van der Waals surface area contributed by atoms with Gasteiger partial charge < -0.3 is 4.90 Å². The Kier molecular flexibility index (Phi) is 8.21. The van der Waals surface area contributed by atoms with Crippen molar-refractivity contribution in [2.24, 2.45) is 13.0 Å². The molecule has 0 saturated carbocycles. The van der Waals surface area contributed by atoms with Crippen molar-refractivity contribution in [1.29, 1.82) is 0 Å². The van der Waals surface area contributed by atoms with E-state index in [1.165, 1.54) is 67.3 Å². The van der Waals surface area contributed by atoms with Gasteiger partial charge in [0.15, 0.2) is 0 Å². The van der Waals surface area contributed by atoms with Gasteiger partial charge in [-0.05, 0) is 35.6 Å². The van der Waals surface area contributed by atoms with E-state index in [2.05, 4.69) is 62.2 Å². The Bertz CT molecular complexity index is 653. The van der Waals surface area contributed by atoms with Crippen LogP contribution in [0.5, 0.6) is 0 Å². The summed E-state index contributed by atoms with van der Waals surface area (Å²) in [6.45, 7) is 7.98. The van der Waals surface area contributed by atoms with E-state index in [4.69, 9.17) is 0 Å². The Morgan fingerprint density at radius 2 is 1.69 bits per heavy atom. The third-order valence-corrected chi connectivity index (χ3v) is 5.14. The molecule has 0 spiro atoms. The Balaban J connectivity index is 0.000000260. The Morgan fingerprint density at radius 1 is 1.00 bits per heavy atom. The van der Waals surface area contributed by atoms with Crippen molar-refractivity contribution in [3.05, 3.63) is 36.2 Å². The number of rotatable bonds is 6. The zero-order valence-electron chi connectivity index (χ0n) is 17.5. The molecule has 0 bridgehead atoms. The zero-order valence-corrected chi connectivity index (χ0v) is 17.5. The summed E-state index contributed by atoms with van der Waals surface area (Å²) in [5.74, 6) is 0.728. The van der Waals surface area contributed by atoms with Crippen molar-refractivity contribution in [2.75, 3.05) is 18.5 Å². The van der Waals surface area contributed by atoms with Crippen molar-refractivity contribution in [1.82, 2.24) is 9.78 Å². The van der Waals surface area contributed by atoms with E-state index in [1.54, 1.807) is 0 Å². The molecular formula is C23H37N3. The van der Waals surface area contributed by atoms with Gasteiger partial charge in [0.2, 0.25) is 0 Å². The summed E-state index contributed by atoms with van der Waals surface area (Å²) >= 11 is 0. The number of fused-ring (bicyclic) bond motifs is 1. The smallest absolute Gasteiger partial charge is 0.0568 e. The molecule has 1 aromatic heterocycles. The molecule has 1 aliphatic rings. The number of aryl methyl sites for hydroxylation is 1. The number of aromatic nitrogens is 2. The predicted octanol–water partition coefficient (Wildman–Crippen LogP) is 6.08. The lowest BCUT2D eigenvalue weighted by Crippen LogP contribution is -2.30. The second-order valence-electron chi connectivity index (χ2n) is 7.85. The van der Waals surface area contributed by atoms with Crippen molar-refractivity contribution in [2.45, 2.75) is 65.7 Å². The summed E-state index contributed by atoms with van der Waals surface area (Å²) in [6, 6.07) is 6.75. The van der Waals surface area contributed by atoms with E-state index in [0.717, 1.165) is 12.5 Å². The third-order valence-electron chi connectivity index (χ3n) is 5.14. The molecule has 0 saturated heterocycles. The van der Waals surface area contributed by atoms with Gasteiger partial charge in [0.25, 0.3) is 0 Å². The Morgan fingerprint density at radius 3 is 2.27 bits per heavy atom. The van der Waals surface area contributed by atoms with Gasteiger partial charge >= 0.3 is 0 Å². The van der Waals surface area contributed by atoms with E-state index < -0.39 is 0 Å². The summed E-state index contributed by atoms with van der Waals surface area (Å²) in [4.78, 5) is 2.36. The van der Waals surface area contributed by atoms with Gasteiger partial charge in [-0.1, -0.05) is 65.4 Å². The lowest BCUT2D eigenvalue weighted by Gasteiger charge is -2.32. The normalized spacial score (nSPS) is 16.0. The van der Waals surface area contributed by atoms with Crippen LogP contribution in [-0.2, 0) is 13.5 Å². The minimum atomic E-state index is 0.728. The van der Waals surface area contributed by atoms with Gasteiger partial charge in [0.1, 0.15) is 0 Å². The van der Waals surface area contributed by atoms with Crippen LogP contribution in [0.3, 0.4) is 0 Å². The van der Waals surface area contributed by atoms with Gasteiger partial charge in [-0.25, -0.2) is 0 Å². The van der Waals surface area contributed by atoms with Crippen LogP contribution in [0.15, 0.2) is 30.6 Å². The fourth-order valence-electron chi connectivity index (χ4n) is 3.73. The average Bonchev–Trinajstić information content (AvgIpc) is 3.05. The Labute approximate surface area is 160 Å². The number of nitrogens with zero attached hydrogens (tertiary/aromatic N) is 3. The molecule has 1 atom stereocenters. The van der Waals surface area contributed by atoms with Gasteiger partial charge in [-0.3, -0.25) is 4.68 Å². The molecule has 0 N–H and O–H groups in total. The van der Waals surface area contributed by atoms with Crippen molar-refractivity contribution >= 4 is 5.69 Å². The molecule has 3 heteroatoms. The number of hydrogen-bond donors (Lipinski definition) is 0. The molecule has 26 heavy (non-hydrogen) atoms. The quantitative estimate of drug-likeness (QED) is 0.585. The van der Waals surface area contributed by atoms with Crippen LogP contribution in [-0.4, -0.2) is 23.4 Å². The van der Waals surface area contributed by atoms with E-state index >= 15 is 0 Å². The molecule has 1 unspecified atom stereocenters. The minimum absolute atomic E-state index is 0.728. The summed E-state index contributed by atoms with van der Waals surface area (Å²) in [7, 11) is 4.13. The maximum absolute atomic E-state index is 4.24. The highest BCUT2D eigenvalue weighted by atomic mass is 15.2. The topological polar surface area (TPSA) is 21.1 Å². The molecule has 0 fully saturated rings. The standard InChI is InChI=1S/C15H19N3.C8H18/c1-11-6-13-7-12(14-8-16-18(3)10-14)4-5-15(13)17(2)9-11;1-3-5-7-8-6-4-2/h4-5,7-8,10-11H,6,9H2,1-3H3;3-8H2,1-2H3. The third kappa shape index (κ3) is 5.89. The number of benzene rings is 1. The first-order chi connectivity index (χ1) is 12.5. The minimum Gasteiger partial charge on any atom is -0.374 e. The molecule has 2 heterocycles. The summed E-state index contributed by atoms with van der Waals surface area (Å²) < 4.78 is 1.85. The maximum Gasteiger partial charge on any atom is 0.0568 e.